The van der Waals surface area contributed by atoms with E-state index in [4.69, 9.17) is 0 Å². The molecule has 2 nitrogen and oxygen atoms in total. The zero-order valence-corrected chi connectivity index (χ0v) is 10.6. The molecule has 104 valence electrons. The second-order valence-electron chi connectivity index (χ2n) is 5.47. The molecule has 19 heavy (non-hydrogen) atoms. The van der Waals surface area contributed by atoms with Crippen LogP contribution < -0.4 is 5.32 Å². The number of halogens is 3. The summed E-state index contributed by atoms with van der Waals surface area (Å²) in [5, 5.41) is 3.29. The van der Waals surface area contributed by atoms with E-state index in [-0.39, 0.29) is 0 Å². The minimum Gasteiger partial charge on any atom is -0.382 e. The van der Waals surface area contributed by atoms with Crippen LogP contribution >= 0.6 is 0 Å². The topological polar surface area (TPSA) is 15.3 Å². The minimum atomic E-state index is -4.27. The van der Waals surface area contributed by atoms with E-state index < -0.39 is 11.7 Å². The largest absolute Gasteiger partial charge is 0.416 e. The highest BCUT2D eigenvalue weighted by atomic mass is 19.4. The van der Waals surface area contributed by atoms with Crippen molar-refractivity contribution in [1.29, 1.82) is 0 Å². The van der Waals surface area contributed by atoms with Crippen molar-refractivity contribution in [3.05, 3.63) is 29.8 Å². The van der Waals surface area contributed by atoms with Gasteiger partial charge >= 0.3 is 6.18 Å². The highest BCUT2D eigenvalue weighted by Gasteiger charge is 2.35. The van der Waals surface area contributed by atoms with Crippen molar-refractivity contribution < 1.29 is 13.2 Å². The predicted molar refractivity (Wildman–Crippen MR) is 68.0 cm³/mol. The third-order valence-electron chi connectivity index (χ3n) is 4.18. The lowest BCUT2D eigenvalue weighted by molar-refractivity contribution is -0.137. The molecular weight excluding hydrogens is 253 g/mol. The summed E-state index contributed by atoms with van der Waals surface area (Å²) in [6.07, 6.45) is -2.11. The SMILES string of the molecule is FC(F)(F)c1cccc(NC2CCN3CCC2C3)c1. The van der Waals surface area contributed by atoms with Crippen molar-refractivity contribution >= 4 is 5.69 Å². The summed E-state index contributed by atoms with van der Waals surface area (Å²) in [4.78, 5) is 2.43. The molecule has 2 heterocycles. The van der Waals surface area contributed by atoms with Gasteiger partial charge in [0.2, 0.25) is 0 Å². The molecule has 2 aliphatic rings. The summed E-state index contributed by atoms with van der Waals surface area (Å²) < 4.78 is 38.0. The lowest BCUT2D eigenvalue weighted by Crippen LogP contribution is -2.39. The van der Waals surface area contributed by atoms with Gasteiger partial charge in [0.1, 0.15) is 0 Å². The number of hydrogen-bond acceptors (Lipinski definition) is 2. The van der Waals surface area contributed by atoms with Gasteiger partial charge in [-0.3, -0.25) is 0 Å². The fourth-order valence-corrected chi connectivity index (χ4v) is 3.14. The molecule has 2 aliphatic heterocycles. The van der Waals surface area contributed by atoms with E-state index >= 15 is 0 Å². The molecule has 3 rings (SSSR count). The molecule has 0 aromatic heterocycles. The molecule has 3 atom stereocenters. The van der Waals surface area contributed by atoms with Gasteiger partial charge in [0.25, 0.3) is 0 Å². The Hall–Kier alpha value is -1.23. The molecule has 1 N–H and O–H groups in total. The number of piperidine rings is 1. The van der Waals surface area contributed by atoms with Crippen LogP contribution in [0.3, 0.4) is 0 Å². The summed E-state index contributed by atoms with van der Waals surface area (Å²) in [6, 6.07) is 5.82. The molecule has 5 heteroatoms. The van der Waals surface area contributed by atoms with Crippen LogP contribution in [-0.4, -0.2) is 30.6 Å². The van der Waals surface area contributed by atoms with Crippen LogP contribution in [-0.2, 0) is 6.18 Å². The van der Waals surface area contributed by atoms with Crippen LogP contribution in [0.5, 0.6) is 0 Å². The van der Waals surface area contributed by atoms with Gasteiger partial charge in [-0.05, 0) is 43.5 Å². The number of hydrogen-bond donors (Lipinski definition) is 1. The molecule has 1 aromatic rings. The third kappa shape index (κ3) is 2.71. The second-order valence-corrected chi connectivity index (χ2v) is 5.47. The Kier molecular flexibility index (Phi) is 3.17. The van der Waals surface area contributed by atoms with Gasteiger partial charge in [-0.15, -0.1) is 0 Å². The first-order valence-corrected chi connectivity index (χ1v) is 6.68. The number of benzene rings is 1. The fraction of sp³-hybridized carbons (Fsp3) is 0.571. The number of fused-ring (bicyclic) bond motifs is 2. The van der Waals surface area contributed by atoms with Crippen molar-refractivity contribution in [2.75, 3.05) is 25.0 Å². The van der Waals surface area contributed by atoms with Crippen LogP contribution in [0.1, 0.15) is 18.4 Å². The first-order chi connectivity index (χ1) is 9.02. The van der Waals surface area contributed by atoms with Crippen molar-refractivity contribution in [1.82, 2.24) is 4.90 Å². The second kappa shape index (κ2) is 4.71. The monoisotopic (exact) mass is 270 g/mol. The van der Waals surface area contributed by atoms with Gasteiger partial charge in [0, 0.05) is 24.8 Å². The van der Waals surface area contributed by atoms with Crippen LogP contribution in [0, 0.1) is 5.92 Å². The van der Waals surface area contributed by atoms with Crippen molar-refractivity contribution in [2.45, 2.75) is 25.1 Å². The maximum atomic E-state index is 12.7. The number of alkyl halides is 3. The number of rotatable bonds is 2. The standard InChI is InChI=1S/C14H17F3N2/c15-14(16,17)11-2-1-3-12(8-11)18-13-5-7-19-6-4-10(13)9-19/h1-3,8,10,13,18H,4-7,9H2. The fourth-order valence-electron chi connectivity index (χ4n) is 3.14. The molecule has 0 aliphatic carbocycles. The van der Waals surface area contributed by atoms with E-state index in [2.05, 4.69) is 10.2 Å². The Labute approximate surface area is 110 Å². The van der Waals surface area contributed by atoms with Crippen LogP contribution in [0.2, 0.25) is 0 Å². The first kappa shape index (κ1) is 12.8. The summed E-state index contributed by atoms with van der Waals surface area (Å²) in [5.74, 6) is 0.572. The van der Waals surface area contributed by atoms with Gasteiger partial charge in [-0.1, -0.05) is 6.07 Å². The molecule has 2 bridgehead atoms. The first-order valence-electron chi connectivity index (χ1n) is 6.68. The maximum absolute atomic E-state index is 12.7. The van der Waals surface area contributed by atoms with Gasteiger partial charge in [-0.2, -0.15) is 13.2 Å². The molecule has 2 saturated heterocycles. The molecular formula is C14H17F3N2. The van der Waals surface area contributed by atoms with Crippen molar-refractivity contribution in [3.8, 4) is 0 Å². The van der Waals surface area contributed by atoms with E-state index in [1.165, 1.54) is 12.1 Å². The minimum absolute atomic E-state index is 0.308. The van der Waals surface area contributed by atoms with Gasteiger partial charge in [0.05, 0.1) is 5.56 Å². The number of nitrogens with one attached hydrogen (secondary N) is 1. The van der Waals surface area contributed by atoms with Crippen molar-refractivity contribution in [3.63, 3.8) is 0 Å². The zero-order chi connectivity index (χ0) is 13.5. The van der Waals surface area contributed by atoms with E-state index in [0.29, 0.717) is 17.6 Å². The van der Waals surface area contributed by atoms with E-state index in [9.17, 15) is 13.2 Å². The van der Waals surface area contributed by atoms with Gasteiger partial charge in [0.15, 0.2) is 0 Å². The Morgan fingerprint density at radius 2 is 1.95 bits per heavy atom. The number of nitrogens with zero attached hydrogens (tertiary/aromatic N) is 1. The summed E-state index contributed by atoms with van der Waals surface area (Å²) in [7, 11) is 0. The lowest BCUT2D eigenvalue weighted by Gasteiger charge is -2.31. The van der Waals surface area contributed by atoms with E-state index in [1.54, 1.807) is 6.07 Å². The Bertz CT molecular complexity index is 458. The predicted octanol–water partition coefficient (Wildman–Crippen LogP) is 3.21. The smallest absolute Gasteiger partial charge is 0.382 e. The highest BCUT2D eigenvalue weighted by molar-refractivity contribution is 5.47. The lowest BCUT2D eigenvalue weighted by atomic mass is 9.94. The zero-order valence-electron chi connectivity index (χ0n) is 10.6. The molecule has 0 radical (unpaired) electrons. The molecule has 0 saturated carbocycles. The van der Waals surface area contributed by atoms with E-state index in [0.717, 1.165) is 38.5 Å². The average molecular weight is 270 g/mol. The molecule has 2 fully saturated rings. The molecule has 0 spiro atoms. The van der Waals surface area contributed by atoms with E-state index in [1.807, 2.05) is 0 Å². The summed E-state index contributed by atoms with van der Waals surface area (Å²) in [5.41, 5.74) is 0.00142. The molecule has 3 unspecified atom stereocenters. The Morgan fingerprint density at radius 1 is 1.16 bits per heavy atom. The van der Waals surface area contributed by atoms with Crippen LogP contribution in [0.4, 0.5) is 18.9 Å². The Balaban J connectivity index is 1.73. The maximum Gasteiger partial charge on any atom is 0.416 e. The normalized spacial score (nSPS) is 30.4. The number of anilines is 1. The Morgan fingerprint density at radius 3 is 2.74 bits per heavy atom. The third-order valence-corrected chi connectivity index (χ3v) is 4.18. The quantitative estimate of drug-likeness (QED) is 0.887. The van der Waals surface area contributed by atoms with Gasteiger partial charge < -0.3 is 10.2 Å². The summed E-state index contributed by atoms with van der Waals surface area (Å²) in [6.45, 7) is 3.26. The van der Waals surface area contributed by atoms with Crippen LogP contribution in [0.25, 0.3) is 0 Å². The molecule has 1 aromatic carbocycles. The average Bonchev–Trinajstić information content (AvgIpc) is 2.75. The highest BCUT2D eigenvalue weighted by Crippen LogP contribution is 2.33. The van der Waals surface area contributed by atoms with Crippen molar-refractivity contribution in [2.24, 2.45) is 5.92 Å². The van der Waals surface area contributed by atoms with Gasteiger partial charge in [-0.25, -0.2) is 0 Å². The van der Waals surface area contributed by atoms with Crippen LogP contribution in [0.15, 0.2) is 24.3 Å². The summed E-state index contributed by atoms with van der Waals surface area (Å²) >= 11 is 0. The molecule has 0 amide bonds.